The monoisotopic (exact) mass is 365 g/mol. The molecule has 0 bridgehead atoms. The van der Waals surface area contributed by atoms with Gasteiger partial charge in [-0.15, -0.1) is 10.2 Å². The van der Waals surface area contributed by atoms with E-state index < -0.39 is 0 Å². The lowest BCUT2D eigenvalue weighted by Gasteiger charge is -2.09. The van der Waals surface area contributed by atoms with Gasteiger partial charge in [0, 0.05) is 17.3 Å². The van der Waals surface area contributed by atoms with E-state index in [1.807, 2.05) is 18.2 Å². The van der Waals surface area contributed by atoms with Crippen LogP contribution in [0.5, 0.6) is 17.4 Å². The van der Waals surface area contributed by atoms with Crippen LogP contribution in [-0.4, -0.2) is 36.9 Å². The van der Waals surface area contributed by atoms with E-state index in [1.165, 1.54) is 0 Å². The highest BCUT2D eigenvalue weighted by Gasteiger charge is 2.06. The molecule has 0 radical (unpaired) electrons. The minimum absolute atomic E-state index is 0.0853. The zero-order valence-electron chi connectivity index (χ0n) is 15.0. The molecule has 0 saturated carbocycles. The first-order valence-electron chi connectivity index (χ1n) is 8.23. The van der Waals surface area contributed by atoms with Crippen LogP contribution in [0, 0.1) is 0 Å². The number of nitrogens with one attached hydrogen (secondary N) is 1. The SMILES string of the molecule is COc1ccc(OCC(=O)Nc2ccc(-c3ccc(OC)nn3)cc2)cc1. The molecular formula is C20H19N3O4. The summed E-state index contributed by atoms with van der Waals surface area (Å²) < 4.78 is 15.5. The molecule has 1 N–H and O–H groups in total. The van der Waals surface area contributed by atoms with Crippen molar-refractivity contribution in [3.05, 3.63) is 60.7 Å². The van der Waals surface area contributed by atoms with Gasteiger partial charge >= 0.3 is 0 Å². The molecule has 0 aliphatic heterocycles. The number of methoxy groups -OCH3 is 2. The Bertz CT molecular complexity index is 879. The normalized spacial score (nSPS) is 10.1. The van der Waals surface area contributed by atoms with Crippen LogP contribution in [0.1, 0.15) is 0 Å². The second kappa shape index (κ2) is 8.66. The van der Waals surface area contributed by atoms with Gasteiger partial charge in [-0.25, -0.2) is 0 Å². The molecule has 0 atom stereocenters. The zero-order valence-corrected chi connectivity index (χ0v) is 15.0. The molecule has 0 aliphatic carbocycles. The minimum Gasteiger partial charge on any atom is -0.497 e. The number of anilines is 1. The fraction of sp³-hybridized carbons (Fsp3) is 0.150. The lowest BCUT2D eigenvalue weighted by molar-refractivity contribution is -0.118. The van der Waals surface area contributed by atoms with E-state index in [0.717, 1.165) is 17.0 Å². The van der Waals surface area contributed by atoms with E-state index in [1.54, 1.807) is 56.7 Å². The summed E-state index contributed by atoms with van der Waals surface area (Å²) in [5.74, 6) is 1.54. The van der Waals surface area contributed by atoms with Crippen LogP contribution >= 0.6 is 0 Å². The lowest BCUT2D eigenvalue weighted by Crippen LogP contribution is -2.20. The molecule has 138 valence electrons. The van der Waals surface area contributed by atoms with Crippen LogP contribution in [0.3, 0.4) is 0 Å². The molecule has 0 spiro atoms. The first-order chi connectivity index (χ1) is 13.2. The number of hydrogen-bond acceptors (Lipinski definition) is 6. The van der Waals surface area contributed by atoms with Crippen molar-refractivity contribution < 1.29 is 19.0 Å². The van der Waals surface area contributed by atoms with Gasteiger partial charge in [-0.3, -0.25) is 4.79 Å². The van der Waals surface area contributed by atoms with E-state index in [4.69, 9.17) is 14.2 Å². The van der Waals surface area contributed by atoms with E-state index in [9.17, 15) is 4.79 Å². The average Bonchev–Trinajstić information content (AvgIpc) is 2.73. The number of ether oxygens (including phenoxy) is 3. The fourth-order valence-corrected chi connectivity index (χ4v) is 2.33. The van der Waals surface area contributed by atoms with Crippen LogP contribution < -0.4 is 19.5 Å². The van der Waals surface area contributed by atoms with Crippen molar-refractivity contribution in [1.29, 1.82) is 0 Å². The highest BCUT2D eigenvalue weighted by atomic mass is 16.5. The molecule has 3 rings (SSSR count). The smallest absolute Gasteiger partial charge is 0.262 e. The van der Waals surface area contributed by atoms with Crippen LogP contribution in [0.25, 0.3) is 11.3 Å². The Kier molecular flexibility index (Phi) is 5.84. The number of aromatic nitrogens is 2. The maximum atomic E-state index is 12.0. The van der Waals surface area contributed by atoms with Crippen molar-refractivity contribution in [2.24, 2.45) is 0 Å². The van der Waals surface area contributed by atoms with Crippen molar-refractivity contribution >= 4 is 11.6 Å². The predicted octanol–water partition coefficient (Wildman–Crippen LogP) is 3.18. The summed E-state index contributed by atoms with van der Waals surface area (Å²) in [6.07, 6.45) is 0. The Labute approximate surface area is 156 Å². The molecule has 0 saturated heterocycles. The minimum atomic E-state index is -0.247. The molecule has 3 aromatic rings. The zero-order chi connectivity index (χ0) is 19.1. The maximum absolute atomic E-state index is 12.0. The highest BCUT2D eigenvalue weighted by Crippen LogP contribution is 2.20. The van der Waals surface area contributed by atoms with Crippen LogP contribution in [0.2, 0.25) is 0 Å². The first kappa shape index (κ1) is 18.2. The van der Waals surface area contributed by atoms with Gasteiger partial charge in [0.15, 0.2) is 6.61 Å². The second-order valence-electron chi connectivity index (χ2n) is 5.55. The van der Waals surface area contributed by atoms with Gasteiger partial charge in [0.25, 0.3) is 5.91 Å². The topological polar surface area (TPSA) is 82.6 Å². The van der Waals surface area contributed by atoms with Crippen molar-refractivity contribution in [2.75, 3.05) is 26.1 Å². The molecule has 1 amide bonds. The second-order valence-corrected chi connectivity index (χ2v) is 5.55. The Balaban J connectivity index is 1.54. The Morgan fingerprint density at radius 1 is 0.852 bits per heavy atom. The molecule has 2 aromatic carbocycles. The van der Waals surface area contributed by atoms with Gasteiger partial charge in [0.05, 0.1) is 19.9 Å². The van der Waals surface area contributed by atoms with Gasteiger partial charge in [-0.1, -0.05) is 12.1 Å². The molecular weight excluding hydrogens is 346 g/mol. The van der Waals surface area contributed by atoms with Crippen molar-refractivity contribution in [1.82, 2.24) is 10.2 Å². The third-order valence-corrected chi connectivity index (χ3v) is 3.74. The summed E-state index contributed by atoms with van der Waals surface area (Å²) in [7, 11) is 3.13. The quantitative estimate of drug-likeness (QED) is 0.692. The van der Waals surface area contributed by atoms with Gasteiger partial charge in [-0.05, 0) is 42.5 Å². The van der Waals surface area contributed by atoms with E-state index >= 15 is 0 Å². The summed E-state index contributed by atoms with van der Waals surface area (Å²) in [6.45, 7) is -0.0853. The molecule has 0 fully saturated rings. The van der Waals surface area contributed by atoms with Crippen molar-refractivity contribution in [2.45, 2.75) is 0 Å². The summed E-state index contributed by atoms with van der Waals surface area (Å²) in [5, 5.41) is 10.8. The third-order valence-electron chi connectivity index (χ3n) is 3.74. The number of amides is 1. The maximum Gasteiger partial charge on any atom is 0.262 e. The number of carbonyl (C=O) groups is 1. The number of hydrogen-bond donors (Lipinski definition) is 1. The summed E-state index contributed by atoms with van der Waals surface area (Å²) in [5.41, 5.74) is 2.28. The van der Waals surface area contributed by atoms with E-state index in [0.29, 0.717) is 17.3 Å². The molecule has 1 heterocycles. The Hall–Kier alpha value is -3.61. The van der Waals surface area contributed by atoms with E-state index in [2.05, 4.69) is 15.5 Å². The third kappa shape index (κ3) is 4.94. The van der Waals surface area contributed by atoms with Crippen molar-refractivity contribution in [3.8, 4) is 28.6 Å². The number of nitrogens with zero attached hydrogens (tertiary/aromatic N) is 2. The highest BCUT2D eigenvalue weighted by molar-refractivity contribution is 5.92. The average molecular weight is 365 g/mol. The summed E-state index contributed by atoms with van der Waals surface area (Å²) in [4.78, 5) is 12.0. The summed E-state index contributed by atoms with van der Waals surface area (Å²) in [6, 6.07) is 17.9. The molecule has 1 aromatic heterocycles. The Morgan fingerprint density at radius 3 is 2.15 bits per heavy atom. The van der Waals surface area contributed by atoms with Crippen molar-refractivity contribution in [3.63, 3.8) is 0 Å². The molecule has 0 aliphatic rings. The molecule has 7 heteroatoms. The largest absolute Gasteiger partial charge is 0.497 e. The van der Waals surface area contributed by atoms with E-state index in [-0.39, 0.29) is 12.5 Å². The Morgan fingerprint density at radius 2 is 1.56 bits per heavy atom. The predicted molar refractivity (Wildman–Crippen MR) is 101 cm³/mol. The molecule has 0 unspecified atom stereocenters. The van der Waals surface area contributed by atoms with Gasteiger partial charge in [-0.2, -0.15) is 0 Å². The van der Waals surface area contributed by atoms with Gasteiger partial charge in [0.1, 0.15) is 11.5 Å². The fourth-order valence-electron chi connectivity index (χ4n) is 2.33. The van der Waals surface area contributed by atoms with Crippen LogP contribution in [-0.2, 0) is 4.79 Å². The standard InChI is InChI=1S/C20H19N3O4/c1-25-16-7-9-17(10-8-16)27-13-19(24)21-15-5-3-14(4-6-15)18-11-12-20(26-2)23-22-18/h3-12H,13H2,1-2H3,(H,21,24). The molecule has 27 heavy (non-hydrogen) atoms. The van der Waals surface area contributed by atoms with Gasteiger partial charge in [0.2, 0.25) is 5.88 Å². The first-order valence-corrected chi connectivity index (χ1v) is 8.23. The number of benzene rings is 2. The molecule has 7 nitrogen and oxygen atoms in total. The number of carbonyl (C=O) groups excluding carboxylic acids is 1. The lowest BCUT2D eigenvalue weighted by atomic mass is 10.1. The summed E-state index contributed by atoms with van der Waals surface area (Å²) >= 11 is 0. The van der Waals surface area contributed by atoms with Crippen LogP contribution in [0.15, 0.2) is 60.7 Å². The van der Waals surface area contributed by atoms with Crippen LogP contribution in [0.4, 0.5) is 5.69 Å². The van der Waals surface area contributed by atoms with Gasteiger partial charge < -0.3 is 19.5 Å². The number of rotatable bonds is 7.